The minimum Gasteiger partial charge on any atom is -0.475 e. The fourth-order valence-corrected chi connectivity index (χ4v) is 3.50. The molecule has 1 aliphatic rings. The first-order chi connectivity index (χ1) is 12.8. The molecule has 0 radical (unpaired) electrons. The Morgan fingerprint density at radius 2 is 1.85 bits per heavy atom. The Morgan fingerprint density at radius 1 is 1.11 bits per heavy atom. The largest absolute Gasteiger partial charge is 0.475 e. The molecule has 2 aromatic carbocycles. The van der Waals surface area contributed by atoms with Gasteiger partial charge >= 0.3 is 0 Å². The van der Waals surface area contributed by atoms with E-state index in [1.807, 2.05) is 42.5 Å². The van der Waals surface area contributed by atoms with Crippen molar-refractivity contribution in [1.29, 1.82) is 0 Å². The first-order valence-corrected chi connectivity index (χ1v) is 9.34. The van der Waals surface area contributed by atoms with E-state index in [1.165, 1.54) is 0 Å². The van der Waals surface area contributed by atoms with E-state index in [9.17, 15) is 4.79 Å². The lowest BCUT2D eigenvalue weighted by Gasteiger charge is -2.21. The van der Waals surface area contributed by atoms with Crippen molar-refractivity contribution < 1.29 is 4.74 Å². The Labute approximate surface area is 162 Å². The minimum absolute atomic E-state index is 0.00517. The molecule has 4 nitrogen and oxygen atoms in total. The molecule has 4 rings (SSSR count). The standard InChI is InChI=1S/C22H21ClN2O2/c1-22(2,3)17-12-27-21(25-17)19-18(13-7-5-4-6-8-13)15-11-14(23)9-10-16(15)24-20(19)26/h4-11,17H,12H2,1-3H3,(H,24,26). The number of hydrogen-bond donors (Lipinski definition) is 1. The molecule has 0 bridgehead atoms. The molecule has 138 valence electrons. The maximum Gasteiger partial charge on any atom is 0.261 e. The number of H-pyrrole nitrogens is 1. The Balaban J connectivity index is 2.04. The van der Waals surface area contributed by atoms with Crippen molar-refractivity contribution in [2.75, 3.05) is 6.61 Å². The van der Waals surface area contributed by atoms with E-state index in [4.69, 9.17) is 21.3 Å². The summed E-state index contributed by atoms with van der Waals surface area (Å²) in [5, 5.41) is 1.48. The lowest BCUT2D eigenvalue weighted by atomic mass is 9.88. The zero-order chi connectivity index (χ0) is 19.2. The first-order valence-electron chi connectivity index (χ1n) is 8.96. The van der Waals surface area contributed by atoms with Gasteiger partial charge < -0.3 is 9.72 Å². The number of nitrogens with one attached hydrogen (secondary N) is 1. The second-order valence-electron chi connectivity index (χ2n) is 7.89. The summed E-state index contributed by atoms with van der Waals surface area (Å²) < 4.78 is 5.90. The van der Waals surface area contributed by atoms with Crippen LogP contribution in [0.25, 0.3) is 22.0 Å². The molecule has 1 atom stereocenters. The molecule has 1 aliphatic heterocycles. The molecule has 0 fully saturated rings. The summed E-state index contributed by atoms with van der Waals surface area (Å²) in [7, 11) is 0. The predicted molar refractivity (Wildman–Crippen MR) is 111 cm³/mol. The Morgan fingerprint density at radius 3 is 2.52 bits per heavy atom. The average Bonchev–Trinajstić information content (AvgIpc) is 3.12. The number of aromatic amines is 1. The van der Waals surface area contributed by atoms with Crippen LogP contribution in [-0.2, 0) is 4.74 Å². The normalized spacial score (nSPS) is 17.0. The lowest BCUT2D eigenvalue weighted by Crippen LogP contribution is -2.25. The zero-order valence-electron chi connectivity index (χ0n) is 15.5. The van der Waals surface area contributed by atoms with Crippen molar-refractivity contribution >= 4 is 28.4 Å². The predicted octanol–water partition coefficient (Wildman–Crippen LogP) is 5.04. The van der Waals surface area contributed by atoms with Crippen LogP contribution in [0.5, 0.6) is 0 Å². The third-order valence-electron chi connectivity index (χ3n) is 4.90. The molecule has 1 N–H and O–H groups in total. The highest BCUT2D eigenvalue weighted by Crippen LogP contribution is 2.34. The maximum absolute atomic E-state index is 13.0. The lowest BCUT2D eigenvalue weighted by molar-refractivity contribution is 0.236. The van der Waals surface area contributed by atoms with Gasteiger partial charge in [-0.3, -0.25) is 4.79 Å². The summed E-state index contributed by atoms with van der Waals surface area (Å²) in [5.74, 6) is 0.400. The van der Waals surface area contributed by atoms with Gasteiger partial charge in [0.05, 0.1) is 6.04 Å². The van der Waals surface area contributed by atoms with Crippen LogP contribution in [0.2, 0.25) is 5.02 Å². The Kier molecular flexibility index (Phi) is 4.31. The van der Waals surface area contributed by atoms with Gasteiger partial charge in [0, 0.05) is 21.5 Å². The van der Waals surface area contributed by atoms with Gasteiger partial charge in [0.1, 0.15) is 12.2 Å². The van der Waals surface area contributed by atoms with Crippen LogP contribution < -0.4 is 5.56 Å². The summed E-state index contributed by atoms with van der Waals surface area (Å²) in [6.07, 6.45) is 0. The number of pyridine rings is 1. The topological polar surface area (TPSA) is 54.5 Å². The van der Waals surface area contributed by atoms with E-state index in [0.29, 0.717) is 23.1 Å². The number of aliphatic imine (C=N–C) groups is 1. The minimum atomic E-state index is -0.211. The van der Waals surface area contributed by atoms with Crippen molar-refractivity contribution in [1.82, 2.24) is 4.98 Å². The smallest absolute Gasteiger partial charge is 0.261 e. The van der Waals surface area contributed by atoms with Crippen molar-refractivity contribution in [2.24, 2.45) is 10.4 Å². The number of rotatable bonds is 2. The summed E-state index contributed by atoms with van der Waals surface area (Å²) in [4.78, 5) is 20.7. The highest BCUT2D eigenvalue weighted by Gasteiger charge is 2.33. The highest BCUT2D eigenvalue weighted by atomic mass is 35.5. The van der Waals surface area contributed by atoms with Crippen molar-refractivity contribution in [2.45, 2.75) is 26.8 Å². The van der Waals surface area contributed by atoms with E-state index >= 15 is 0 Å². The molecule has 3 aromatic rings. The third-order valence-corrected chi connectivity index (χ3v) is 5.14. The third kappa shape index (κ3) is 3.26. The van der Waals surface area contributed by atoms with Gasteiger partial charge in [-0.2, -0.15) is 0 Å². The van der Waals surface area contributed by atoms with Gasteiger partial charge in [0.15, 0.2) is 0 Å². The molecular formula is C22H21ClN2O2. The summed E-state index contributed by atoms with van der Waals surface area (Å²) in [6, 6.07) is 15.3. The van der Waals surface area contributed by atoms with E-state index in [2.05, 4.69) is 25.8 Å². The first kappa shape index (κ1) is 17.8. The quantitative estimate of drug-likeness (QED) is 0.677. The van der Waals surface area contributed by atoms with Crippen LogP contribution in [0, 0.1) is 5.41 Å². The summed E-state index contributed by atoms with van der Waals surface area (Å²) in [5.41, 5.74) is 2.67. The van der Waals surface area contributed by atoms with Gasteiger partial charge in [-0.15, -0.1) is 0 Å². The van der Waals surface area contributed by atoms with Crippen LogP contribution in [0.4, 0.5) is 0 Å². The van der Waals surface area contributed by atoms with Crippen LogP contribution in [0.1, 0.15) is 26.3 Å². The molecule has 27 heavy (non-hydrogen) atoms. The maximum atomic E-state index is 13.0. The van der Waals surface area contributed by atoms with Crippen molar-refractivity contribution in [3.63, 3.8) is 0 Å². The molecule has 0 amide bonds. The number of hydrogen-bond acceptors (Lipinski definition) is 3. The van der Waals surface area contributed by atoms with E-state index in [-0.39, 0.29) is 17.0 Å². The fraction of sp³-hybridized carbons (Fsp3) is 0.273. The monoisotopic (exact) mass is 380 g/mol. The molecule has 0 spiro atoms. The van der Waals surface area contributed by atoms with E-state index in [1.54, 1.807) is 6.07 Å². The molecule has 0 saturated heterocycles. The van der Waals surface area contributed by atoms with Crippen LogP contribution in [-0.4, -0.2) is 23.5 Å². The molecule has 0 aliphatic carbocycles. The molecule has 0 saturated carbocycles. The second-order valence-corrected chi connectivity index (χ2v) is 8.32. The fourth-order valence-electron chi connectivity index (χ4n) is 3.33. The number of fused-ring (bicyclic) bond motifs is 1. The van der Waals surface area contributed by atoms with Crippen LogP contribution in [0.3, 0.4) is 0 Å². The number of halogens is 1. The second kappa shape index (κ2) is 6.54. The molecule has 1 aromatic heterocycles. The zero-order valence-corrected chi connectivity index (χ0v) is 16.3. The van der Waals surface area contributed by atoms with Crippen molar-refractivity contribution in [3.8, 4) is 11.1 Å². The number of aromatic nitrogens is 1. The Hall–Kier alpha value is -2.59. The van der Waals surface area contributed by atoms with Gasteiger partial charge in [-0.25, -0.2) is 4.99 Å². The van der Waals surface area contributed by atoms with Gasteiger partial charge in [-0.1, -0.05) is 62.7 Å². The molecule has 1 unspecified atom stereocenters. The summed E-state index contributed by atoms with van der Waals surface area (Å²) >= 11 is 6.26. The van der Waals surface area contributed by atoms with Gasteiger partial charge in [-0.05, 0) is 29.2 Å². The van der Waals surface area contributed by atoms with E-state index in [0.717, 1.165) is 22.0 Å². The van der Waals surface area contributed by atoms with Crippen LogP contribution >= 0.6 is 11.6 Å². The number of benzene rings is 2. The molecule has 5 heteroatoms. The SMILES string of the molecule is CC(C)(C)C1COC(c2c(-c3ccccc3)c3cc(Cl)ccc3[nH]c2=O)=N1. The molecule has 2 heterocycles. The number of nitrogens with zero attached hydrogens (tertiary/aromatic N) is 1. The summed E-state index contributed by atoms with van der Waals surface area (Å²) in [6.45, 7) is 6.84. The van der Waals surface area contributed by atoms with Gasteiger partial charge in [0.25, 0.3) is 5.56 Å². The highest BCUT2D eigenvalue weighted by molar-refractivity contribution is 6.31. The van der Waals surface area contributed by atoms with E-state index < -0.39 is 0 Å². The molecular weight excluding hydrogens is 360 g/mol. The average molecular weight is 381 g/mol. The Bertz CT molecular complexity index is 1090. The van der Waals surface area contributed by atoms with Crippen LogP contribution in [0.15, 0.2) is 58.3 Å². The van der Waals surface area contributed by atoms with Crippen molar-refractivity contribution in [3.05, 3.63) is 69.5 Å². The van der Waals surface area contributed by atoms with Gasteiger partial charge in [0.2, 0.25) is 5.90 Å². The number of ether oxygens (including phenoxy) is 1.